The molecule has 0 aliphatic carbocycles. The van der Waals surface area contributed by atoms with Crippen LogP contribution in [0.1, 0.15) is 34.6 Å². The zero-order chi connectivity index (χ0) is 11.9. The quantitative estimate of drug-likeness (QED) is 0.641. The van der Waals surface area contributed by atoms with Crippen molar-refractivity contribution in [1.29, 1.82) is 0 Å². The van der Waals surface area contributed by atoms with Crippen molar-refractivity contribution in [1.82, 2.24) is 4.67 Å². The fraction of sp³-hybridized carbons (Fsp3) is 0.636. The van der Waals surface area contributed by atoms with E-state index in [1.165, 1.54) is 7.11 Å². The van der Waals surface area contributed by atoms with Gasteiger partial charge in [0.15, 0.2) is 0 Å². The number of hydrogen-bond acceptors (Lipinski definition) is 2. The molecule has 0 N–H and O–H groups in total. The lowest BCUT2D eigenvalue weighted by atomic mass is 10.1. The number of nitrogens with zero attached hydrogens (tertiary/aromatic N) is 1. The van der Waals surface area contributed by atoms with Crippen LogP contribution in [0.5, 0.6) is 0 Å². The van der Waals surface area contributed by atoms with E-state index in [-0.39, 0.29) is 5.54 Å². The van der Waals surface area contributed by atoms with Crippen molar-refractivity contribution in [3.63, 3.8) is 0 Å². The van der Waals surface area contributed by atoms with Crippen molar-refractivity contribution in [3.05, 3.63) is 23.2 Å². The molecule has 0 saturated heterocycles. The summed E-state index contributed by atoms with van der Waals surface area (Å²) in [7, 11) is -1.33. The first-order valence-corrected chi connectivity index (χ1v) is 6.62. The molecule has 0 fully saturated rings. The molecule has 1 aliphatic rings. The van der Waals surface area contributed by atoms with E-state index < -0.39 is 7.52 Å². The Hall–Kier alpha value is -0.530. The fourth-order valence-corrected chi connectivity index (χ4v) is 4.00. The van der Waals surface area contributed by atoms with Crippen LogP contribution in [-0.4, -0.2) is 17.3 Å². The summed E-state index contributed by atoms with van der Waals surface area (Å²) in [5.74, 6) is 0. The summed E-state index contributed by atoms with van der Waals surface area (Å²) in [4.78, 5) is 0. The van der Waals surface area contributed by atoms with E-state index in [1.54, 1.807) is 0 Å². The average molecular weight is 229 g/mol. The van der Waals surface area contributed by atoms with Gasteiger partial charge in [0.05, 0.1) is 0 Å². The van der Waals surface area contributed by atoms with Gasteiger partial charge in [-0.3, -0.25) is 9.24 Å². The van der Waals surface area contributed by atoms with Gasteiger partial charge < -0.3 is 4.52 Å². The third-order valence-corrected chi connectivity index (χ3v) is 5.22. The Balaban J connectivity index is 3.27. The van der Waals surface area contributed by atoms with Crippen molar-refractivity contribution in [3.8, 4) is 0 Å². The predicted molar refractivity (Wildman–Crippen MR) is 63.7 cm³/mol. The topological polar surface area (TPSA) is 29.5 Å². The second kappa shape index (κ2) is 3.80. The minimum absolute atomic E-state index is 0.206. The van der Waals surface area contributed by atoms with Crippen LogP contribution in [0.25, 0.3) is 0 Å². The van der Waals surface area contributed by atoms with Crippen molar-refractivity contribution in [2.45, 2.75) is 40.2 Å². The summed E-state index contributed by atoms with van der Waals surface area (Å²) in [6.07, 6.45) is 3.84. The van der Waals surface area contributed by atoms with E-state index >= 15 is 0 Å². The SMILES string of the molecule is COP1(=O)C(C)=CC(C)=CN1C(C)(C)C. The standard InChI is InChI=1S/C11H20NO2P/c1-9-7-10(2)15(13,14-6)12(8-9)11(3,4)5/h7-8H,1-6H3. The lowest BCUT2D eigenvalue weighted by molar-refractivity contribution is 0.262. The summed E-state index contributed by atoms with van der Waals surface area (Å²) in [6, 6.07) is 0. The summed E-state index contributed by atoms with van der Waals surface area (Å²) < 4.78 is 19.7. The Morgan fingerprint density at radius 1 is 1.33 bits per heavy atom. The molecular weight excluding hydrogens is 209 g/mol. The zero-order valence-corrected chi connectivity index (χ0v) is 11.3. The summed E-state index contributed by atoms with van der Waals surface area (Å²) in [5, 5.41) is 0.805. The molecular formula is C11H20NO2P. The first-order chi connectivity index (χ1) is 6.71. The largest absolute Gasteiger partial charge is 0.322 e. The molecule has 0 aromatic rings. The van der Waals surface area contributed by atoms with Crippen LogP contribution in [0.2, 0.25) is 0 Å². The van der Waals surface area contributed by atoms with Gasteiger partial charge >= 0.3 is 7.52 Å². The van der Waals surface area contributed by atoms with Crippen LogP contribution in [0.4, 0.5) is 0 Å². The van der Waals surface area contributed by atoms with E-state index in [9.17, 15) is 4.57 Å². The second-order valence-electron chi connectivity index (χ2n) is 4.88. The minimum atomic E-state index is -2.84. The highest BCUT2D eigenvalue weighted by Gasteiger charge is 2.39. The van der Waals surface area contributed by atoms with Crippen molar-refractivity contribution >= 4 is 7.52 Å². The molecule has 0 amide bonds. The second-order valence-corrected chi connectivity index (χ2v) is 7.42. The highest BCUT2D eigenvalue weighted by Crippen LogP contribution is 2.62. The molecule has 0 aromatic carbocycles. The molecule has 1 unspecified atom stereocenters. The Labute approximate surface area is 92.3 Å². The summed E-state index contributed by atoms with van der Waals surface area (Å²) in [5.41, 5.74) is 0.897. The smallest absolute Gasteiger partial charge is 0.314 e. The maximum Gasteiger partial charge on any atom is 0.322 e. The lowest BCUT2D eigenvalue weighted by Gasteiger charge is -2.41. The maximum atomic E-state index is 12.6. The Kier molecular flexibility index (Phi) is 3.18. The molecule has 0 aromatic heterocycles. The highest BCUT2D eigenvalue weighted by atomic mass is 31.2. The molecule has 0 radical (unpaired) electrons. The molecule has 3 nitrogen and oxygen atoms in total. The first-order valence-electron chi connectivity index (χ1n) is 5.04. The molecule has 1 atom stereocenters. The number of hydrogen-bond donors (Lipinski definition) is 0. The average Bonchev–Trinajstić information content (AvgIpc) is 2.09. The molecule has 1 rings (SSSR count). The molecule has 0 bridgehead atoms. The van der Waals surface area contributed by atoms with Crippen molar-refractivity contribution in [2.24, 2.45) is 0 Å². The lowest BCUT2D eigenvalue weighted by Crippen LogP contribution is -2.36. The number of allylic oxidation sites excluding steroid dienone is 3. The molecule has 4 heteroatoms. The van der Waals surface area contributed by atoms with Gasteiger partial charge in [0.25, 0.3) is 0 Å². The Morgan fingerprint density at radius 2 is 1.87 bits per heavy atom. The van der Waals surface area contributed by atoms with Crippen LogP contribution in [0.3, 0.4) is 0 Å². The van der Waals surface area contributed by atoms with Crippen molar-refractivity contribution in [2.75, 3.05) is 7.11 Å². The van der Waals surface area contributed by atoms with Gasteiger partial charge in [-0.05, 0) is 46.3 Å². The normalized spacial score (nSPS) is 27.5. The van der Waals surface area contributed by atoms with Gasteiger partial charge in [0, 0.05) is 24.2 Å². The molecule has 0 spiro atoms. The maximum absolute atomic E-state index is 12.6. The van der Waals surface area contributed by atoms with Gasteiger partial charge in [-0.25, -0.2) is 0 Å². The van der Waals surface area contributed by atoms with Crippen LogP contribution < -0.4 is 0 Å². The van der Waals surface area contributed by atoms with Crippen LogP contribution in [-0.2, 0) is 9.09 Å². The molecule has 1 aliphatic heterocycles. The Bertz CT molecular complexity index is 363. The van der Waals surface area contributed by atoms with Crippen LogP contribution >= 0.6 is 7.52 Å². The van der Waals surface area contributed by atoms with Crippen LogP contribution in [0, 0.1) is 0 Å². The summed E-state index contributed by atoms with van der Waals surface area (Å²) >= 11 is 0. The molecule has 1 heterocycles. The molecule has 86 valence electrons. The third-order valence-electron chi connectivity index (χ3n) is 2.43. The van der Waals surface area contributed by atoms with E-state index in [0.29, 0.717) is 0 Å². The van der Waals surface area contributed by atoms with Gasteiger partial charge in [-0.15, -0.1) is 0 Å². The predicted octanol–water partition coefficient (Wildman–Crippen LogP) is 3.75. The molecule has 15 heavy (non-hydrogen) atoms. The van der Waals surface area contributed by atoms with Crippen molar-refractivity contribution < 1.29 is 9.09 Å². The van der Waals surface area contributed by atoms with Crippen LogP contribution in [0.15, 0.2) is 23.2 Å². The fourth-order valence-electron chi connectivity index (χ4n) is 1.71. The van der Waals surface area contributed by atoms with Gasteiger partial charge in [-0.1, -0.05) is 0 Å². The van der Waals surface area contributed by atoms with Gasteiger partial charge in [0.1, 0.15) is 0 Å². The molecule has 0 saturated carbocycles. The van der Waals surface area contributed by atoms with Gasteiger partial charge in [-0.2, -0.15) is 0 Å². The Morgan fingerprint density at radius 3 is 2.27 bits per heavy atom. The monoisotopic (exact) mass is 229 g/mol. The van der Waals surface area contributed by atoms with E-state index in [1.807, 2.05) is 51.6 Å². The third kappa shape index (κ3) is 2.19. The van der Waals surface area contributed by atoms with E-state index in [0.717, 1.165) is 10.9 Å². The van der Waals surface area contributed by atoms with Gasteiger partial charge in [0.2, 0.25) is 0 Å². The highest BCUT2D eigenvalue weighted by molar-refractivity contribution is 7.61. The van der Waals surface area contributed by atoms with E-state index in [4.69, 9.17) is 4.52 Å². The number of rotatable bonds is 1. The minimum Gasteiger partial charge on any atom is -0.314 e. The zero-order valence-electron chi connectivity index (χ0n) is 10.4. The summed E-state index contributed by atoms with van der Waals surface area (Å²) in [6.45, 7) is 9.95. The first kappa shape index (κ1) is 12.5. The van der Waals surface area contributed by atoms with E-state index in [2.05, 4.69) is 0 Å².